The van der Waals surface area contributed by atoms with Gasteiger partial charge in [0.15, 0.2) is 5.16 Å². The molecule has 8 heteroatoms. The van der Waals surface area contributed by atoms with Crippen LogP contribution in [0.25, 0.3) is 16.7 Å². The van der Waals surface area contributed by atoms with Crippen molar-refractivity contribution in [3.05, 3.63) is 66.7 Å². The fraction of sp³-hybridized carbons (Fsp3) is 0.158. The van der Waals surface area contributed by atoms with Crippen molar-refractivity contribution in [3.63, 3.8) is 0 Å². The maximum absolute atomic E-state index is 12.4. The van der Waals surface area contributed by atoms with Gasteiger partial charge in [-0.15, -0.1) is 10.2 Å². The molecular weight excluding hydrogens is 360 g/mol. The molecule has 0 saturated heterocycles. The number of hydrogen-bond acceptors (Lipinski definition) is 5. The molecule has 7 nitrogen and oxygen atoms in total. The number of fused-ring (bicyclic) bond motifs is 1. The van der Waals surface area contributed by atoms with E-state index in [1.165, 1.54) is 17.3 Å². The van der Waals surface area contributed by atoms with E-state index >= 15 is 0 Å². The van der Waals surface area contributed by atoms with Crippen LogP contribution in [0.3, 0.4) is 0 Å². The van der Waals surface area contributed by atoms with Crippen LogP contribution >= 0.6 is 11.8 Å². The largest absolute Gasteiger partial charge is 0.276 e. The Labute approximate surface area is 160 Å². The van der Waals surface area contributed by atoms with Gasteiger partial charge in [-0.05, 0) is 30.2 Å². The molecule has 4 rings (SSSR count). The third kappa shape index (κ3) is 3.56. The monoisotopic (exact) mass is 378 g/mol. The predicted octanol–water partition coefficient (Wildman–Crippen LogP) is 3.04. The molecule has 0 fully saturated rings. The number of hydrogen-bond donors (Lipinski definition) is 1. The van der Waals surface area contributed by atoms with Gasteiger partial charge in [0, 0.05) is 0 Å². The van der Waals surface area contributed by atoms with Gasteiger partial charge in [0.1, 0.15) is 12.7 Å². The molecule has 0 atom stereocenters. The Balaban J connectivity index is 1.47. The van der Waals surface area contributed by atoms with Crippen LogP contribution in [0, 0.1) is 0 Å². The third-order valence-corrected chi connectivity index (χ3v) is 5.12. The number of carbonyl (C=O) groups is 1. The van der Waals surface area contributed by atoms with Crippen LogP contribution in [0.5, 0.6) is 0 Å². The molecule has 27 heavy (non-hydrogen) atoms. The third-order valence-electron chi connectivity index (χ3n) is 4.18. The quantitative estimate of drug-likeness (QED) is 0.522. The van der Waals surface area contributed by atoms with Crippen LogP contribution in [-0.4, -0.2) is 36.1 Å². The zero-order chi connectivity index (χ0) is 18.6. The second-order valence-corrected chi connectivity index (χ2v) is 6.84. The zero-order valence-electron chi connectivity index (χ0n) is 14.7. The van der Waals surface area contributed by atoms with Gasteiger partial charge in [-0.25, -0.2) is 9.66 Å². The number of para-hydroxylation sites is 3. The van der Waals surface area contributed by atoms with Crippen molar-refractivity contribution in [2.45, 2.75) is 18.5 Å². The Kier molecular flexibility index (Phi) is 4.88. The van der Waals surface area contributed by atoms with Crippen molar-refractivity contribution in [2.24, 2.45) is 0 Å². The van der Waals surface area contributed by atoms with Gasteiger partial charge >= 0.3 is 0 Å². The maximum atomic E-state index is 12.4. The molecule has 0 spiro atoms. The van der Waals surface area contributed by atoms with Crippen molar-refractivity contribution in [1.29, 1.82) is 0 Å². The smallest absolute Gasteiger partial charge is 0.249 e. The summed E-state index contributed by atoms with van der Waals surface area (Å²) in [5.41, 5.74) is 6.78. The predicted molar refractivity (Wildman–Crippen MR) is 106 cm³/mol. The topological polar surface area (TPSA) is 77.6 Å². The van der Waals surface area contributed by atoms with E-state index in [1.54, 1.807) is 17.3 Å². The highest BCUT2D eigenvalue weighted by Crippen LogP contribution is 2.22. The number of aromatic nitrogens is 5. The van der Waals surface area contributed by atoms with Crippen LogP contribution in [0.15, 0.2) is 66.3 Å². The molecule has 0 radical (unpaired) electrons. The van der Waals surface area contributed by atoms with Gasteiger partial charge in [-0.1, -0.05) is 49.0 Å². The number of benzene rings is 2. The summed E-state index contributed by atoms with van der Waals surface area (Å²) in [5, 5.41) is 8.86. The Morgan fingerprint density at radius 3 is 2.81 bits per heavy atom. The minimum atomic E-state index is -0.138. The first-order chi connectivity index (χ1) is 13.3. The number of carbonyl (C=O) groups excluding carboxylic acids is 1. The van der Waals surface area contributed by atoms with Gasteiger partial charge in [0.2, 0.25) is 5.91 Å². The number of aryl methyl sites for hydroxylation is 1. The lowest BCUT2D eigenvalue weighted by molar-refractivity contribution is -0.114. The Hall–Kier alpha value is -3.13. The molecule has 0 aliphatic heterocycles. The summed E-state index contributed by atoms with van der Waals surface area (Å²) >= 11 is 1.35. The van der Waals surface area contributed by atoms with Crippen molar-refractivity contribution >= 4 is 28.7 Å². The molecule has 2 aromatic carbocycles. The number of nitrogens with zero attached hydrogens (tertiary/aromatic N) is 5. The average Bonchev–Trinajstić information content (AvgIpc) is 3.33. The normalized spacial score (nSPS) is 11.0. The standard InChI is InChI=1S/C19H18N6OS/c1-2-14-7-3-5-9-16(14)24-13-21-22-19(24)27-11-18(26)23-25-12-20-15-8-4-6-10-17(15)25/h3-10,12-13H,2,11H2,1H3,(H,23,26). The summed E-state index contributed by atoms with van der Waals surface area (Å²) in [4.78, 5) is 16.7. The highest BCUT2D eigenvalue weighted by Gasteiger charge is 2.13. The van der Waals surface area contributed by atoms with Gasteiger partial charge < -0.3 is 0 Å². The zero-order valence-corrected chi connectivity index (χ0v) is 15.6. The lowest BCUT2D eigenvalue weighted by Crippen LogP contribution is -2.23. The SMILES string of the molecule is CCc1ccccc1-n1cnnc1SCC(=O)Nn1cnc2ccccc21. The van der Waals surface area contributed by atoms with Gasteiger partial charge in [-0.2, -0.15) is 0 Å². The van der Waals surface area contributed by atoms with E-state index < -0.39 is 0 Å². The molecule has 0 aliphatic rings. The minimum Gasteiger partial charge on any atom is -0.276 e. The van der Waals surface area contributed by atoms with Gasteiger partial charge in [-0.3, -0.25) is 14.8 Å². The van der Waals surface area contributed by atoms with Gasteiger partial charge in [0.25, 0.3) is 0 Å². The van der Waals surface area contributed by atoms with Crippen LogP contribution < -0.4 is 5.43 Å². The summed E-state index contributed by atoms with van der Waals surface area (Å²) in [7, 11) is 0. The molecular formula is C19H18N6OS. The first-order valence-electron chi connectivity index (χ1n) is 8.59. The van der Waals surface area contributed by atoms with Crippen molar-refractivity contribution in [1.82, 2.24) is 24.4 Å². The Morgan fingerprint density at radius 1 is 1.11 bits per heavy atom. The fourth-order valence-corrected chi connectivity index (χ4v) is 3.59. The van der Waals surface area contributed by atoms with Crippen LogP contribution in [0.1, 0.15) is 12.5 Å². The molecule has 2 heterocycles. The van der Waals surface area contributed by atoms with E-state index in [-0.39, 0.29) is 11.7 Å². The summed E-state index contributed by atoms with van der Waals surface area (Å²) in [6.07, 6.45) is 4.19. The van der Waals surface area contributed by atoms with Crippen LogP contribution in [0.2, 0.25) is 0 Å². The van der Waals surface area contributed by atoms with E-state index in [0.717, 1.165) is 23.1 Å². The highest BCUT2D eigenvalue weighted by atomic mass is 32.2. The molecule has 0 aliphatic carbocycles. The molecule has 136 valence electrons. The molecule has 4 aromatic rings. The lowest BCUT2D eigenvalue weighted by atomic mass is 10.1. The molecule has 0 saturated carbocycles. The number of imidazole rings is 1. The number of thioether (sulfide) groups is 1. The summed E-state index contributed by atoms with van der Waals surface area (Å²) in [6.45, 7) is 2.11. The highest BCUT2D eigenvalue weighted by molar-refractivity contribution is 7.99. The minimum absolute atomic E-state index is 0.138. The molecule has 2 aromatic heterocycles. The molecule has 0 unspecified atom stereocenters. The van der Waals surface area contributed by atoms with E-state index in [1.807, 2.05) is 47.0 Å². The molecule has 0 bridgehead atoms. The number of nitrogens with one attached hydrogen (secondary N) is 1. The first-order valence-corrected chi connectivity index (χ1v) is 9.58. The molecule has 1 N–H and O–H groups in total. The second kappa shape index (κ2) is 7.63. The van der Waals surface area contributed by atoms with Crippen molar-refractivity contribution in [2.75, 3.05) is 11.2 Å². The lowest BCUT2D eigenvalue weighted by Gasteiger charge is -2.11. The number of amides is 1. The maximum Gasteiger partial charge on any atom is 0.249 e. The fourth-order valence-electron chi connectivity index (χ4n) is 2.88. The average molecular weight is 378 g/mol. The van der Waals surface area contributed by atoms with Crippen LogP contribution in [0.4, 0.5) is 0 Å². The van der Waals surface area contributed by atoms with Gasteiger partial charge in [0.05, 0.1) is 22.5 Å². The van der Waals surface area contributed by atoms with E-state index in [2.05, 4.69) is 33.6 Å². The number of rotatable bonds is 6. The van der Waals surface area contributed by atoms with E-state index in [9.17, 15) is 4.79 Å². The van der Waals surface area contributed by atoms with E-state index in [4.69, 9.17) is 0 Å². The van der Waals surface area contributed by atoms with Crippen molar-refractivity contribution < 1.29 is 4.79 Å². The second-order valence-electron chi connectivity index (χ2n) is 5.89. The van der Waals surface area contributed by atoms with E-state index in [0.29, 0.717) is 5.16 Å². The molecule has 1 amide bonds. The first kappa shape index (κ1) is 17.3. The van der Waals surface area contributed by atoms with Crippen molar-refractivity contribution in [3.8, 4) is 5.69 Å². The summed E-state index contributed by atoms with van der Waals surface area (Å²) in [6, 6.07) is 15.8. The Bertz CT molecular complexity index is 1090. The van der Waals surface area contributed by atoms with Crippen LogP contribution in [-0.2, 0) is 11.2 Å². The summed E-state index contributed by atoms with van der Waals surface area (Å²) in [5.74, 6) is 0.0842. The summed E-state index contributed by atoms with van der Waals surface area (Å²) < 4.78 is 3.55. The Morgan fingerprint density at radius 2 is 1.93 bits per heavy atom.